The summed E-state index contributed by atoms with van der Waals surface area (Å²) >= 11 is 0. The smallest absolute Gasteiger partial charge is 0.340 e. The quantitative estimate of drug-likeness (QED) is 0.669. The fraction of sp³-hybridized carbons (Fsp3) is 0.529. The summed E-state index contributed by atoms with van der Waals surface area (Å²) in [6, 6.07) is 6.17. The van der Waals surface area contributed by atoms with Gasteiger partial charge in [-0.2, -0.15) is 0 Å². The number of nitrogens with one attached hydrogen (secondary N) is 1. The van der Waals surface area contributed by atoms with E-state index in [0.29, 0.717) is 12.5 Å². The second-order valence-electron chi connectivity index (χ2n) is 6.04. The number of hydrogen-bond acceptors (Lipinski definition) is 5. The second kappa shape index (κ2) is 9.41. The third-order valence-corrected chi connectivity index (χ3v) is 4.53. The lowest BCUT2D eigenvalue weighted by molar-refractivity contribution is -0.119. The predicted molar refractivity (Wildman–Crippen MR) is 97.1 cm³/mol. The van der Waals surface area contributed by atoms with Crippen molar-refractivity contribution in [3.05, 3.63) is 29.8 Å². The molecular weight excluding hydrogens is 344 g/mol. The highest BCUT2D eigenvalue weighted by molar-refractivity contribution is 7.92. The van der Waals surface area contributed by atoms with E-state index in [1.807, 2.05) is 13.8 Å². The van der Waals surface area contributed by atoms with Crippen LogP contribution >= 0.6 is 0 Å². The predicted octanol–water partition coefficient (Wildman–Crippen LogP) is 1.79. The van der Waals surface area contributed by atoms with E-state index in [4.69, 9.17) is 4.74 Å². The first-order valence-corrected chi connectivity index (χ1v) is 10.0. The molecule has 0 radical (unpaired) electrons. The minimum atomic E-state index is -3.76. The lowest BCUT2D eigenvalue weighted by Crippen LogP contribution is -2.41. The number of anilines is 1. The molecule has 1 aromatic carbocycles. The number of ether oxygens (including phenoxy) is 1. The topological polar surface area (TPSA) is 92.8 Å². The van der Waals surface area contributed by atoms with Crippen LogP contribution in [-0.2, 0) is 19.6 Å². The van der Waals surface area contributed by atoms with Crippen molar-refractivity contribution in [1.82, 2.24) is 5.32 Å². The monoisotopic (exact) mass is 370 g/mol. The van der Waals surface area contributed by atoms with Gasteiger partial charge in [-0.25, -0.2) is 13.2 Å². The van der Waals surface area contributed by atoms with E-state index in [0.717, 1.165) is 17.0 Å². The van der Waals surface area contributed by atoms with E-state index in [1.165, 1.54) is 12.1 Å². The van der Waals surface area contributed by atoms with Crippen LogP contribution in [-0.4, -0.2) is 46.2 Å². The van der Waals surface area contributed by atoms with Gasteiger partial charge >= 0.3 is 5.97 Å². The number of nitrogens with zero attached hydrogens (tertiary/aromatic N) is 1. The average Bonchev–Trinajstić information content (AvgIpc) is 2.51. The number of rotatable bonds is 9. The highest BCUT2D eigenvalue weighted by Crippen LogP contribution is 2.23. The number of carbonyl (C=O) groups excluding carboxylic acids is 2. The maximum absolute atomic E-state index is 12.2. The molecule has 0 heterocycles. The summed E-state index contributed by atoms with van der Waals surface area (Å²) in [5.74, 6) is -0.632. The standard InChI is InChI=1S/C17H26N2O5S/c1-5-24-17(21)14-8-6-7-9-15(14)19(25(4,22)23)12-16(20)18-11-10-13(2)3/h6-9,13H,5,10-12H2,1-4H3,(H,18,20). The van der Waals surface area contributed by atoms with Crippen molar-refractivity contribution in [3.8, 4) is 0 Å². The molecule has 1 aromatic rings. The summed E-state index contributed by atoms with van der Waals surface area (Å²) in [4.78, 5) is 24.2. The molecule has 0 aromatic heterocycles. The van der Waals surface area contributed by atoms with Gasteiger partial charge in [0, 0.05) is 6.54 Å². The van der Waals surface area contributed by atoms with E-state index in [2.05, 4.69) is 5.32 Å². The van der Waals surface area contributed by atoms with Crippen LogP contribution in [0.3, 0.4) is 0 Å². The summed E-state index contributed by atoms with van der Waals surface area (Å²) in [6.07, 6.45) is 1.79. The van der Waals surface area contributed by atoms with E-state index in [1.54, 1.807) is 19.1 Å². The summed E-state index contributed by atoms with van der Waals surface area (Å²) < 4.78 is 30.2. The maximum Gasteiger partial charge on any atom is 0.340 e. The Bertz CT molecular complexity index is 701. The molecule has 25 heavy (non-hydrogen) atoms. The highest BCUT2D eigenvalue weighted by Gasteiger charge is 2.25. The number of hydrogen-bond donors (Lipinski definition) is 1. The molecule has 8 heteroatoms. The molecule has 1 rings (SSSR count). The van der Waals surface area contributed by atoms with Gasteiger partial charge in [0.2, 0.25) is 15.9 Å². The van der Waals surface area contributed by atoms with Crippen LogP contribution in [0.15, 0.2) is 24.3 Å². The van der Waals surface area contributed by atoms with Gasteiger partial charge < -0.3 is 10.1 Å². The van der Waals surface area contributed by atoms with Crippen molar-refractivity contribution in [3.63, 3.8) is 0 Å². The molecule has 0 unspecified atom stereocenters. The molecule has 140 valence electrons. The van der Waals surface area contributed by atoms with Crippen molar-refractivity contribution in [1.29, 1.82) is 0 Å². The zero-order valence-electron chi connectivity index (χ0n) is 15.1. The molecule has 0 aliphatic carbocycles. The molecule has 0 fully saturated rings. The lowest BCUT2D eigenvalue weighted by Gasteiger charge is -2.24. The minimum absolute atomic E-state index is 0.102. The van der Waals surface area contributed by atoms with E-state index < -0.39 is 28.4 Å². The minimum Gasteiger partial charge on any atom is -0.462 e. The number of sulfonamides is 1. The van der Waals surface area contributed by atoms with Crippen LogP contribution in [0, 0.1) is 5.92 Å². The lowest BCUT2D eigenvalue weighted by atomic mass is 10.1. The molecule has 7 nitrogen and oxygen atoms in total. The molecule has 0 bridgehead atoms. The van der Waals surface area contributed by atoms with Crippen molar-refractivity contribution < 1.29 is 22.7 Å². The normalized spacial score (nSPS) is 11.2. The molecule has 0 aliphatic rings. The number of esters is 1. The van der Waals surface area contributed by atoms with Gasteiger partial charge in [-0.3, -0.25) is 9.10 Å². The SMILES string of the molecule is CCOC(=O)c1ccccc1N(CC(=O)NCCC(C)C)S(C)(=O)=O. The summed E-state index contributed by atoms with van der Waals surface area (Å²) in [5, 5.41) is 2.70. The van der Waals surface area contributed by atoms with Crippen molar-refractivity contribution in [2.45, 2.75) is 27.2 Å². The number of benzene rings is 1. The fourth-order valence-electron chi connectivity index (χ4n) is 2.14. The van der Waals surface area contributed by atoms with E-state index in [9.17, 15) is 18.0 Å². The van der Waals surface area contributed by atoms with Gasteiger partial charge in [-0.15, -0.1) is 0 Å². The molecule has 0 saturated heterocycles. The molecule has 0 aliphatic heterocycles. The van der Waals surface area contributed by atoms with Gasteiger partial charge in [-0.1, -0.05) is 26.0 Å². The third kappa shape index (κ3) is 6.74. The van der Waals surface area contributed by atoms with Crippen molar-refractivity contribution in [2.75, 3.05) is 30.3 Å². The first kappa shape index (κ1) is 21.0. The fourth-order valence-corrected chi connectivity index (χ4v) is 3.01. The average molecular weight is 370 g/mol. The molecule has 1 N–H and O–H groups in total. The Hall–Kier alpha value is -2.09. The van der Waals surface area contributed by atoms with E-state index in [-0.39, 0.29) is 17.9 Å². The van der Waals surface area contributed by atoms with Gasteiger partial charge in [0.25, 0.3) is 0 Å². The second-order valence-corrected chi connectivity index (χ2v) is 7.95. The van der Waals surface area contributed by atoms with Crippen LogP contribution in [0.5, 0.6) is 0 Å². The van der Waals surface area contributed by atoms with Gasteiger partial charge in [0.05, 0.1) is 24.1 Å². The number of amides is 1. The molecule has 0 saturated carbocycles. The van der Waals surface area contributed by atoms with Gasteiger partial charge in [0.1, 0.15) is 6.54 Å². The Morgan fingerprint density at radius 1 is 1.24 bits per heavy atom. The summed E-state index contributed by atoms with van der Waals surface area (Å²) in [7, 11) is -3.76. The highest BCUT2D eigenvalue weighted by atomic mass is 32.2. The van der Waals surface area contributed by atoms with Gasteiger partial charge in [-0.05, 0) is 31.4 Å². The van der Waals surface area contributed by atoms with Crippen LogP contribution in [0.25, 0.3) is 0 Å². The molecular formula is C17H26N2O5S. The maximum atomic E-state index is 12.2. The molecule has 0 spiro atoms. The van der Waals surface area contributed by atoms with Gasteiger partial charge in [0.15, 0.2) is 0 Å². The van der Waals surface area contributed by atoms with Crippen LogP contribution < -0.4 is 9.62 Å². The first-order chi connectivity index (χ1) is 11.7. The Labute approximate surface area is 149 Å². The summed E-state index contributed by atoms with van der Waals surface area (Å²) in [5.41, 5.74) is 0.229. The Morgan fingerprint density at radius 2 is 1.88 bits per heavy atom. The Balaban J connectivity index is 3.05. The molecule has 1 amide bonds. The zero-order valence-corrected chi connectivity index (χ0v) is 15.9. The number of carbonyl (C=O) groups is 2. The Morgan fingerprint density at radius 3 is 2.44 bits per heavy atom. The van der Waals surface area contributed by atoms with Crippen LogP contribution in [0.2, 0.25) is 0 Å². The van der Waals surface area contributed by atoms with Crippen molar-refractivity contribution >= 4 is 27.6 Å². The van der Waals surface area contributed by atoms with Crippen molar-refractivity contribution in [2.24, 2.45) is 5.92 Å². The molecule has 0 atom stereocenters. The Kier molecular flexibility index (Phi) is 7.89. The van der Waals surface area contributed by atoms with Crippen LogP contribution in [0.1, 0.15) is 37.6 Å². The van der Waals surface area contributed by atoms with Crippen LogP contribution in [0.4, 0.5) is 5.69 Å². The summed E-state index contributed by atoms with van der Waals surface area (Å²) in [6.45, 7) is 5.97. The zero-order chi connectivity index (χ0) is 19.0. The third-order valence-electron chi connectivity index (χ3n) is 3.40. The largest absolute Gasteiger partial charge is 0.462 e. The van der Waals surface area contributed by atoms with E-state index >= 15 is 0 Å². The first-order valence-electron chi connectivity index (χ1n) is 8.17. The number of para-hydroxylation sites is 1.